The Morgan fingerprint density at radius 1 is 1.15 bits per heavy atom. The number of hydrogen-bond acceptors (Lipinski definition) is 1. The van der Waals surface area contributed by atoms with Gasteiger partial charge in [0, 0.05) is 11.9 Å². The predicted molar refractivity (Wildman–Crippen MR) is 93.0 cm³/mol. The Bertz CT molecular complexity index is 385. The number of pyridine rings is 1. The molecule has 0 amide bonds. The maximum atomic E-state index is 4.18. The molecule has 0 saturated heterocycles. The Morgan fingerprint density at radius 2 is 1.70 bits per heavy atom. The summed E-state index contributed by atoms with van der Waals surface area (Å²) in [4.78, 5) is 4.18. The van der Waals surface area contributed by atoms with Crippen molar-refractivity contribution in [2.45, 2.75) is 47.5 Å². The maximum Gasteiger partial charge on any atom is 0.0428 e. The van der Waals surface area contributed by atoms with Gasteiger partial charge < -0.3 is 0 Å². The molecular formula is C19H31N. The molecule has 0 fully saturated rings. The molecule has 112 valence electrons. The van der Waals surface area contributed by atoms with E-state index >= 15 is 0 Å². The molecule has 0 aliphatic carbocycles. The van der Waals surface area contributed by atoms with Crippen molar-refractivity contribution in [1.82, 2.24) is 4.98 Å². The molecule has 1 heterocycles. The molecule has 0 bridgehead atoms. The van der Waals surface area contributed by atoms with E-state index in [0.29, 0.717) is 11.8 Å². The minimum Gasteiger partial charge on any atom is -0.261 e. The number of allylic oxidation sites excluding steroid dienone is 3. The van der Waals surface area contributed by atoms with E-state index < -0.39 is 0 Å². The fraction of sp³-hybridized carbons (Fsp3) is 0.421. The second-order valence-electron chi connectivity index (χ2n) is 5.06. The van der Waals surface area contributed by atoms with Crippen molar-refractivity contribution in [3.05, 3.63) is 67.0 Å². The van der Waals surface area contributed by atoms with Crippen LogP contribution in [0.25, 0.3) is 0 Å². The highest BCUT2D eigenvalue weighted by Gasteiger charge is 1.99. The molecule has 0 unspecified atom stereocenters. The summed E-state index contributed by atoms with van der Waals surface area (Å²) < 4.78 is 0. The van der Waals surface area contributed by atoms with Crippen molar-refractivity contribution in [2.75, 3.05) is 0 Å². The molecule has 1 rings (SSSR count). The highest BCUT2D eigenvalue weighted by Crippen LogP contribution is 2.15. The van der Waals surface area contributed by atoms with Crippen LogP contribution in [0.2, 0.25) is 0 Å². The molecule has 1 heteroatoms. The lowest BCUT2D eigenvalue weighted by atomic mass is 9.98. The van der Waals surface area contributed by atoms with Crippen LogP contribution in [0.5, 0.6) is 0 Å². The summed E-state index contributed by atoms with van der Waals surface area (Å²) in [6.07, 6.45) is 3.93. The SMILES string of the molecule is C=C.C=C(/C(C)=C\C)C(C)C.CC(C)c1ccccn1. The molecule has 0 spiro atoms. The standard InChI is InChI=1S/C9H16.C8H11N.C2H4/c1-6-8(4)9(5)7(2)3;1-7(2)8-5-3-4-6-9-8;1-2/h6-7H,5H2,1-4H3;3-7H,1-2H3;1-2H2/b8-6-;;. The average Bonchev–Trinajstić information content (AvgIpc) is 2.49. The van der Waals surface area contributed by atoms with Gasteiger partial charge in [0.1, 0.15) is 0 Å². The van der Waals surface area contributed by atoms with Gasteiger partial charge in [-0.25, -0.2) is 0 Å². The summed E-state index contributed by atoms with van der Waals surface area (Å²) in [5, 5.41) is 0. The smallest absolute Gasteiger partial charge is 0.0428 e. The summed E-state index contributed by atoms with van der Waals surface area (Å²) in [5.41, 5.74) is 3.72. The Labute approximate surface area is 126 Å². The Hall–Kier alpha value is -1.63. The van der Waals surface area contributed by atoms with Crippen molar-refractivity contribution in [1.29, 1.82) is 0 Å². The van der Waals surface area contributed by atoms with Crippen LogP contribution in [0, 0.1) is 5.92 Å². The first kappa shape index (κ1) is 20.7. The van der Waals surface area contributed by atoms with E-state index in [4.69, 9.17) is 0 Å². The summed E-state index contributed by atoms with van der Waals surface area (Å²) in [6, 6.07) is 6.00. The van der Waals surface area contributed by atoms with Crippen molar-refractivity contribution >= 4 is 0 Å². The lowest BCUT2D eigenvalue weighted by Crippen LogP contribution is -1.92. The van der Waals surface area contributed by atoms with Crippen molar-refractivity contribution in [3.8, 4) is 0 Å². The molecule has 0 saturated carbocycles. The minimum absolute atomic E-state index is 0.547. The number of hydrogen-bond donors (Lipinski definition) is 0. The molecule has 1 nitrogen and oxygen atoms in total. The molecule has 0 atom stereocenters. The molecule has 0 aromatic carbocycles. The summed E-state index contributed by atoms with van der Waals surface area (Å²) in [5.74, 6) is 1.13. The van der Waals surface area contributed by atoms with Crippen LogP contribution < -0.4 is 0 Å². The molecule has 1 aromatic heterocycles. The van der Waals surface area contributed by atoms with Gasteiger partial charge in [-0.2, -0.15) is 0 Å². The van der Waals surface area contributed by atoms with Gasteiger partial charge in [0.05, 0.1) is 0 Å². The zero-order valence-electron chi connectivity index (χ0n) is 14.1. The number of aromatic nitrogens is 1. The van der Waals surface area contributed by atoms with Crippen LogP contribution >= 0.6 is 0 Å². The van der Waals surface area contributed by atoms with E-state index in [1.54, 1.807) is 0 Å². The third-order valence-corrected chi connectivity index (χ3v) is 2.92. The van der Waals surface area contributed by atoms with Gasteiger partial charge in [-0.15, -0.1) is 13.2 Å². The van der Waals surface area contributed by atoms with E-state index in [0.717, 1.165) is 5.69 Å². The Kier molecular flexibility index (Phi) is 12.8. The van der Waals surface area contributed by atoms with Gasteiger partial charge in [-0.1, -0.05) is 57.6 Å². The van der Waals surface area contributed by atoms with Crippen LogP contribution in [0.3, 0.4) is 0 Å². The fourth-order valence-electron chi connectivity index (χ4n) is 1.36. The third kappa shape index (κ3) is 9.32. The van der Waals surface area contributed by atoms with Crippen molar-refractivity contribution in [3.63, 3.8) is 0 Å². The van der Waals surface area contributed by atoms with Crippen LogP contribution in [-0.2, 0) is 0 Å². The predicted octanol–water partition coefficient (Wildman–Crippen LogP) is 6.17. The molecular weight excluding hydrogens is 242 g/mol. The van der Waals surface area contributed by atoms with Gasteiger partial charge in [0.25, 0.3) is 0 Å². The second-order valence-corrected chi connectivity index (χ2v) is 5.06. The van der Waals surface area contributed by atoms with Crippen molar-refractivity contribution in [2.24, 2.45) is 5.92 Å². The van der Waals surface area contributed by atoms with Crippen molar-refractivity contribution < 1.29 is 0 Å². The highest BCUT2D eigenvalue weighted by molar-refractivity contribution is 5.26. The van der Waals surface area contributed by atoms with E-state index in [-0.39, 0.29) is 0 Å². The summed E-state index contributed by atoms with van der Waals surface area (Å²) in [7, 11) is 0. The monoisotopic (exact) mass is 273 g/mol. The van der Waals surface area contributed by atoms with E-state index in [1.165, 1.54) is 11.1 Å². The van der Waals surface area contributed by atoms with Gasteiger partial charge >= 0.3 is 0 Å². The first-order valence-electron chi connectivity index (χ1n) is 7.13. The zero-order chi connectivity index (χ0) is 16.1. The summed E-state index contributed by atoms with van der Waals surface area (Å²) in [6.45, 7) is 22.7. The minimum atomic E-state index is 0.547. The summed E-state index contributed by atoms with van der Waals surface area (Å²) >= 11 is 0. The van der Waals surface area contributed by atoms with Gasteiger partial charge in [0.2, 0.25) is 0 Å². The van der Waals surface area contributed by atoms with Gasteiger partial charge in [-0.3, -0.25) is 4.98 Å². The quantitative estimate of drug-likeness (QED) is 0.474. The Balaban J connectivity index is 0. The van der Waals surface area contributed by atoms with E-state index in [2.05, 4.69) is 65.4 Å². The normalized spacial score (nSPS) is 10.3. The number of rotatable bonds is 3. The van der Waals surface area contributed by atoms with E-state index in [9.17, 15) is 0 Å². The lowest BCUT2D eigenvalue weighted by molar-refractivity contribution is 0.781. The molecule has 0 aliphatic heterocycles. The molecule has 0 radical (unpaired) electrons. The van der Waals surface area contributed by atoms with Crippen LogP contribution in [0.1, 0.15) is 53.2 Å². The molecule has 20 heavy (non-hydrogen) atoms. The van der Waals surface area contributed by atoms with Gasteiger partial charge in [0.15, 0.2) is 0 Å². The van der Waals surface area contributed by atoms with Crippen LogP contribution in [0.15, 0.2) is 61.4 Å². The molecule has 1 aromatic rings. The average molecular weight is 273 g/mol. The second kappa shape index (κ2) is 12.4. The first-order valence-corrected chi connectivity index (χ1v) is 7.13. The first-order chi connectivity index (χ1) is 9.40. The molecule has 0 aliphatic rings. The lowest BCUT2D eigenvalue weighted by Gasteiger charge is -2.08. The third-order valence-electron chi connectivity index (χ3n) is 2.92. The largest absolute Gasteiger partial charge is 0.261 e. The zero-order valence-corrected chi connectivity index (χ0v) is 14.1. The van der Waals surface area contributed by atoms with Crippen LogP contribution in [-0.4, -0.2) is 4.98 Å². The van der Waals surface area contributed by atoms with Crippen LogP contribution in [0.4, 0.5) is 0 Å². The highest BCUT2D eigenvalue weighted by atomic mass is 14.7. The van der Waals surface area contributed by atoms with Gasteiger partial charge in [-0.05, 0) is 37.8 Å². The number of nitrogens with zero attached hydrogens (tertiary/aromatic N) is 1. The maximum absolute atomic E-state index is 4.18. The molecule has 0 N–H and O–H groups in total. The fourth-order valence-corrected chi connectivity index (χ4v) is 1.36. The Morgan fingerprint density at radius 3 is 1.90 bits per heavy atom. The van der Waals surface area contributed by atoms with E-state index in [1.807, 2.05) is 31.3 Å². The topological polar surface area (TPSA) is 12.9 Å².